The second-order valence-corrected chi connectivity index (χ2v) is 5.89. The van der Waals surface area contributed by atoms with Gasteiger partial charge in [0.25, 0.3) is 11.8 Å². The number of methoxy groups -OCH3 is 1. The van der Waals surface area contributed by atoms with E-state index in [0.29, 0.717) is 17.1 Å². The predicted molar refractivity (Wildman–Crippen MR) is 97.8 cm³/mol. The standard InChI is InChI=1S/C19H17ClN2O3/c1-3-12-7-9-13(10-8-12)21-17-16(20)18(23)22(19(17)24)14-5-4-6-15(11-14)25-2/h4-11,21H,3H2,1-2H3. The molecule has 128 valence electrons. The Balaban J connectivity index is 1.88. The summed E-state index contributed by atoms with van der Waals surface area (Å²) in [5.74, 6) is -0.513. The van der Waals surface area contributed by atoms with Crippen molar-refractivity contribution in [2.24, 2.45) is 0 Å². The number of anilines is 2. The third-order valence-electron chi connectivity index (χ3n) is 3.97. The van der Waals surface area contributed by atoms with Gasteiger partial charge in [-0.3, -0.25) is 9.59 Å². The molecule has 2 aromatic rings. The summed E-state index contributed by atoms with van der Waals surface area (Å²) in [4.78, 5) is 26.2. The fourth-order valence-corrected chi connectivity index (χ4v) is 2.78. The molecule has 1 aliphatic rings. The summed E-state index contributed by atoms with van der Waals surface area (Å²) in [6.45, 7) is 2.06. The number of imide groups is 1. The molecule has 0 aliphatic carbocycles. The predicted octanol–water partition coefficient (Wildman–Crippen LogP) is 3.69. The minimum atomic E-state index is -0.562. The highest BCUT2D eigenvalue weighted by Crippen LogP contribution is 2.31. The van der Waals surface area contributed by atoms with E-state index in [9.17, 15) is 9.59 Å². The third kappa shape index (κ3) is 3.23. The minimum absolute atomic E-state index is 0.0683. The van der Waals surface area contributed by atoms with Crippen LogP contribution in [0.3, 0.4) is 0 Å². The number of carbonyl (C=O) groups excluding carboxylic acids is 2. The highest BCUT2D eigenvalue weighted by Gasteiger charge is 2.39. The Morgan fingerprint density at radius 1 is 1.08 bits per heavy atom. The Bertz CT molecular complexity index is 859. The van der Waals surface area contributed by atoms with Gasteiger partial charge in [0.15, 0.2) is 0 Å². The maximum Gasteiger partial charge on any atom is 0.283 e. The van der Waals surface area contributed by atoms with Gasteiger partial charge in [-0.05, 0) is 36.2 Å². The van der Waals surface area contributed by atoms with Crippen LogP contribution in [0.1, 0.15) is 12.5 Å². The summed E-state index contributed by atoms with van der Waals surface area (Å²) in [5.41, 5.74) is 2.35. The molecule has 3 rings (SSSR count). The lowest BCUT2D eigenvalue weighted by Crippen LogP contribution is -2.32. The molecule has 0 aromatic heterocycles. The van der Waals surface area contributed by atoms with Crippen LogP contribution in [-0.2, 0) is 16.0 Å². The van der Waals surface area contributed by atoms with Crippen LogP contribution in [-0.4, -0.2) is 18.9 Å². The van der Waals surface area contributed by atoms with E-state index < -0.39 is 11.8 Å². The summed E-state index contributed by atoms with van der Waals surface area (Å²) in [6, 6.07) is 14.3. The highest BCUT2D eigenvalue weighted by atomic mass is 35.5. The van der Waals surface area contributed by atoms with Gasteiger partial charge in [-0.15, -0.1) is 0 Å². The number of aryl methyl sites for hydroxylation is 1. The molecule has 0 radical (unpaired) electrons. The molecule has 5 nitrogen and oxygen atoms in total. The second-order valence-electron chi connectivity index (χ2n) is 5.51. The maximum atomic E-state index is 12.7. The summed E-state index contributed by atoms with van der Waals surface area (Å²) in [6.07, 6.45) is 0.921. The van der Waals surface area contributed by atoms with Crippen molar-refractivity contribution in [2.75, 3.05) is 17.3 Å². The van der Waals surface area contributed by atoms with Crippen molar-refractivity contribution >= 4 is 34.8 Å². The molecule has 0 atom stereocenters. The molecule has 25 heavy (non-hydrogen) atoms. The Morgan fingerprint density at radius 3 is 2.44 bits per heavy atom. The van der Waals surface area contributed by atoms with E-state index in [2.05, 4.69) is 12.2 Å². The largest absolute Gasteiger partial charge is 0.497 e. The van der Waals surface area contributed by atoms with E-state index >= 15 is 0 Å². The second kappa shape index (κ2) is 6.99. The zero-order valence-electron chi connectivity index (χ0n) is 13.9. The summed E-state index contributed by atoms with van der Waals surface area (Å²) in [5, 5.41) is 2.82. The molecule has 0 saturated heterocycles. The number of hydrogen-bond acceptors (Lipinski definition) is 4. The summed E-state index contributed by atoms with van der Waals surface area (Å²) >= 11 is 6.12. The number of rotatable bonds is 5. The first-order valence-corrected chi connectivity index (χ1v) is 8.21. The molecule has 1 N–H and O–H groups in total. The van der Waals surface area contributed by atoms with Crippen LogP contribution in [0.5, 0.6) is 5.75 Å². The number of ether oxygens (including phenoxy) is 1. The van der Waals surface area contributed by atoms with Crippen LogP contribution in [0.25, 0.3) is 0 Å². The number of amides is 2. The lowest BCUT2D eigenvalue weighted by atomic mass is 10.1. The van der Waals surface area contributed by atoms with Gasteiger partial charge in [0.05, 0.1) is 12.8 Å². The molecule has 0 saturated carbocycles. The Morgan fingerprint density at radius 2 is 1.80 bits per heavy atom. The zero-order chi connectivity index (χ0) is 18.0. The van der Waals surface area contributed by atoms with Gasteiger partial charge < -0.3 is 10.1 Å². The lowest BCUT2D eigenvalue weighted by Gasteiger charge is -2.16. The van der Waals surface area contributed by atoms with Gasteiger partial charge in [-0.1, -0.05) is 36.7 Å². The topological polar surface area (TPSA) is 58.6 Å². The van der Waals surface area contributed by atoms with Crippen LogP contribution < -0.4 is 15.0 Å². The SMILES string of the molecule is CCc1ccc(NC2=C(Cl)C(=O)N(c3cccc(OC)c3)C2=O)cc1. The molecule has 2 amide bonds. The maximum absolute atomic E-state index is 12.7. The molecular weight excluding hydrogens is 340 g/mol. The first-order chi connectivity index (χ1) is 12.0. The van der Waals surface area contributed by atoms with Crippen LogP contribution in [0.2, 0.25) is 0 Å². The molecular formula is C19H17ClN2O3. The normalized spacial score (nSPS) is 14.3. The smallest absolute Gasteiger partial charge is 0.283 e. The minimum Gasteiger partial charge on any atom is -0.497 e. The summed E-state index contributed by atoms with van der Waals surface area (Å²) < 4.78 is 5.14. The number of benzene rings is 2. The van der Waals surface area contributed by atoms with Crippen molar-refractivity contribution in [1.82, 2.24) is 0 Å². The van der Waals surface area contributed by atoms with Gasteiger partial charge in [0.1, 0.15) is 16.5 Å². The zero-order valence-corrected chi connectivity index (χ0v) is 14.6. The van der Waals surface area contributed by atoms with Gasteiger partial charge >= 0.3 is 0 Å². The molecule has 6 heteroatoms. The molecule has 1 heterocycles. The van der Waals surface area contributed by atoms with Gasteiger partial charge in [-0.2, -0.15) is 0 Å². The monoisotopic (exact) mass is 356 g/mol. The average Bonchev–Trinajstić information content (AvgIpc) is 2.86. The van der Waals surface area contributed by atoms with E-state index in [1.807, 2.05) is 24.3 Å². The fraction of sp³-hybridized carbons (Fsp3) is 0.158. The molecule has 0 unspecified atom stereocenters. The Kier molecular flexibility index (Phi) is 4.76. The molecule has 0 fully saturated rings. The number of hydrogen-bond donors (Lipinski definition) is 1. The number of nitrogens with zero attached hydrogens (tertiary/aromatic N) is 1. The third-order valence-corrected chi connectivity index (χ3v) is 4.32. The first-order valence-electron chi connectivity index (χ1n) is 7.83. The van der Waals surface area contributed by atoms with E-state index in [1.165, 1.54) is 12.7 Å². The average molecular weight is 357 g/mol. The number of nitrogens with one attached hydrogen (secondary N) is 1. The first kappa shape index (κ1) is 17.0. The Labute approximate surface area is 150 Å². The van der Waals surface area contributed by atoms with Crippen molar-refractivity contribution in [2.45, 2.75) is 13.3 Å². The van der Waals surface area contributed by atoms with E-state index in [4.69, 9.17) is 16.3 Å². The molecule has 0 spiro atoms. The van der Waals surface area contributed by atoms with E-state index in [0.717, 1.165) is 11.3 Å². The molecule has 1 aliphatic heterocycles. The van der Waals surface area contributed by atoms with Crippen molar-refractivity contribution < 1.29 is 14.3 Å². The van der Waals surface area contributed by atoms with Crippen molar-refractivity contribution in [3.63, 3.8) is 0 Å². The van der Waals surface area contributed by atoms with Gasteiger partial charge in [-0.25, -0.2) is 4.90 Å². The van der Waals surface area contributed by atoms with Crippen LogP contribution in [0, 0.1) is 0 Å². The van der Waals surface area contributed by atoms with Crippen LogP contribution in [0.4, 0.5) is 11.4 Å². The molecule has 2 aromatic carbocycles. The number of carbonyl (C=O) groups is 2. The van der Waals surface area contributed by atoms with Crippen molar-refractivity contribution in [1.29, 1.82) is 0 Å². The van der Waals surface area contributed by atoms with Gasteiger partial charge in [0, 0.05) is 11.8 Å². The fourth-order valence-electron chi connectivity index (χ4n) is 2.56. The highest BCUT2D eigenvalue weighted by molar-refractivity contribution is 6.53. The molecule has 0 bridgehead atoms. The quantitative estimate of drug-likeness (QED) is 0.830. The van der Waals surface area contributed by atoms with E-state index in [-0.39, 0.29) is 10.7 Å². The van der Waals surface area contributed by atoms with Gasteiger partial charge in [0.2, 0.25) is 0 Å². The number of halogens is 1. The summed E-state index contributed by atoms with van der Waals surface area (Å²) in [7, 11) is 1.52. The van der Waals surface area contributed by atoms with Crippen LogP contribution >= 0.6 is 11.6 Å². The van der Waals surface area contributed by atoms with Crippen molar-refractivity contribution in [3.05, 3.63) is 64.8 Å². The van der Waals surface area contributed by atoms with Crippen molar-refractivity contribution in [3.8, 4) is 5.75 Å². The lowest BCUT2D eigenvalue weighted by molar-refractivity contribution is -0.120. The van der Waals surface area contributed by atoms with Crippen LogP contribution in [0.15, 0.2) is 59.3 Å². The Hall–Kier alpha value is -2.79. The van der Waals surface area contributed by atoms with E-state index in [1.54, 1.807) is 24.3 Å².